The van der Waals surface area contributed by atoms with E-state index in [9.17, 15) is 9.59 Å². The van der Waals surface area contributed by atoms with Crippen molar-refractivity contribution in [2.75, 3.05) is 6.54 Å². The molecule has 26 heavy (non-hydrogen) atoms. The molecule has 2 atom stereocenters. The molecule has 0 bridgehead atoms. The van der Waals surface area contributed by atoms with Crippen LogP contribution in [0.3, 0.4) is 0 Å². The molecule has 2 fully saturated rings. The van der Waals surface area contributed by atoms with Gasteiger partial charge in [-0.25, -0.2) is 0 Å². The van der Waals surface area contributed by atoms with Gasteiger partial charge in [0.1, 0.15) is 0 Å². The number of amides is 1. The van der Waals surface area contributed by atoms with E-state index in [4.69, 9.17) is 0 Å². The number of benzene rings is 1. The number of carbonyl (C=O) groups is 2. The molecule has 1 aromatic rings. The van der Waals surface area contributed by atoms with E-state index in [2.05, 4.69) is 35.0 Å². The molecule has 3 nitrogen and oxygen atoms in total. The maximum atomic E-state index is 12.8. The van der Waals surface area contributed by atoms with E-state index in [0.29, 0.717) is 13.0 Å². The number of fused-ring (bicyclic) bond motifs is 1. The van der Waals surface area contributed by atoms with Crippen molar-refractivity contribution in [3.05, 3.63) is 58.2 Å². The van der Waals surface area contributed by atoms with Crippen molar-refractivity contribution in [2.45, 2.75) is 46.0 Å². The van der Waals surface area contributed by atoms with Gasteiger partial charge in [-0.3, -0.25) is 9.59 Å². The summed E-state index contributed by atoms with van der Waals surface area (Å²) in [4.78, 5) is 28.7. The van der Waals surface area contributed by atoms with Gasteiger partial charge < -0.3 is 4.90 Å². The van der Waals surface area contributed by atoms with Gasteiger partial charge in [0.05, 0.1) is 0 Å². The maximum absolute atomic E-state index is 12.8. The minimum Gasteiger partial charge on any atom is -0.319 e. The second-order valence-electron chi connectivity index (χ2n) is 7.63. The Morgan fingerprint density at radius 3 is 2.73 bits per heavy atom. The van der Waals surface area contributed by atoms with Crippen LogP contribution in [0, 0.1) is 11.3 Å². The first-order valence-electron chi connectivity index (χ1n) is 9.31. The Morgan fingerprint density at radius 2 is 2.08 bits per heavy atom. The number of halogens is 1. The van der Waals surface area contributed by atoms with Crippen molar-refractivity contribution >= 4 is 27.6 Å². The Bertz CT molecular complexity index is 753. The number of ketones is 1. The summed E-state index contributed by atoms with van der Waals surface area (Å²) in [6.45, 7) is 4.36. The van der Waals surface area contributed by atoms with E-state index >= 15 is 0 Å². The number of hydrogen-bond donors (Lipinski definition) is 0. The summed E-state index contributed by atoms with van der Waals surface area (Å²) in [5, 5.41) is 0. The van der Waals surface area contributed by atoms with Crippen molar-refractivity contribution in [1.29, 1.82) is 0 Å². The molecule has 0 N–H and O–H groups in total. The van der Waals surface area contributed by atoms with Crippen LogP contribution < -0.4 is 0 Å². The van der Waals surface area contributed by atoms with Crippen molar-refractivity contribution < 1.29 is 9.59 Å². The lowest BCUT2D eigenvalue weighted by Crippen LogP contribution is -2.32. The zero-order chi connectivity index (χ0) is 18.7. The molecule has 2 aliphatic rings. The molecular weight excluding hydrogens is 390 g/mol. The fraction of sp³-hybridized carbons (Fsp3) is 0.455. The first kappa shape index (κ1) is 19.1. The molecular formula is C22H26BrNO2. The molecule has 0 heterocycles. The van der Waals surface area contributed by atoms with Gasteiger partial charge in [0.2, 0.25) is 5.91 Å². The van der Waals surface area contributed by atoms with Gasteiger partial charge in [0.25, 0.3) is 0 Å². The Morgan fingerprint density at radius 1 is 1.35 bits per heavy atom. The lowest BCUT2D eigenvalue weighted by Gasteiger charge is -2.38. The van der Waals surface area contributed by atoms with Crippen molar-refractivity contribution in [3.8, 4) is 0 Å². The SMILES string of the molecule is CC(=O)N(/C=C1\C(=O)C[C@H]2/C(=C\Br)CCC[C@]12C)CCc1ccccc1. The van der Waals surface area contributed by atoms with Gasteiger partial charge in [0, 0.05) is 37.1 Å². The molecule has 0 radical (unpaired) electrons. The first-order chi connectivity index (χ1) is 12.5. The predicted octanol–water partition coefficient (Wildman–Crippen LogP) is 5.02. The van der Waals surface area contributed by atoms with E-state index in [-0.39, 0.29) is 23.0 Å². The lowest BCUT2D eigenvalue weighted by atomic mass is 9.66. The predicted molar refractivity (Wildman–Crippen MR) is 108 cm³/mol. The molecule has 0 spiro atoms. The summed E-state index contributed by atoms with van der Waals surface area (Å²) in [6, 6.07) is 10.1. The average Bonchev–Trinajstić information content (AvgIpc) is 2.89. The van der Waals surface area contributed by atoms with Crippen molar-refractivity contribution in [1.82, 2.24) is 4.90 Å². The fourth-order valence-corrected chi connectivity index (χ4v) is 4.97. The Hall–Kier alpha value is -1.68. The Balaban J connectivity index is 1.85. The number of hydrogen-bond acceptors (Lipinski definition) is 2. The molecule has 2 saturated carbocycles. The van der Waals surface area contributed by atoms with Crippen LogP contribution in [0.4, 0.5) is 0 Å². The summed E-state index contributed by atoms with van der Waals surface area (Å²) in [6.07, 6.45) is 6.33. The van der Waals surface area contributed by atoms with E-state index in [1.54, 1.807) is 11.8 Å². The standard InChI is InChI=1S/C22H26BrNO2/c1-16(25)24(12-10-17-7-4-3-5-8-17)15-20-21(26)13-19-18(14-23)9-6-11-22(19,20)2/h3-5,7-8,14-15,19H,6,9-13H2,1-2H3/b18-14-,20-15+/t19-,22-/m0/s1. The van der Waals surface area contributed by atoms with Gasteiger partial charge in [-0.05, 0) is 42.1 Å². The van der Waals surface area contributed by atoms with Crippen molar-refractivity contribution in [2.24, 2.45) is 11.3 Å². The quantitative estimate of drug-likeness (QED) is 0.647. The normalized spacial score (nSPS) is 28.4. The van der Waals surface area contributed by atoms with Gasteiger partial charge in [-0.1, -0.05) is 58.8 Å². The van der Waals surface area contributed by atoms with Crippen LogP contribution in [-0.2, 0) is 16.0 Å². The highest BCUT2D eigenvalue weighted by molar-refractivity contribution is 9.11. The minimum atomic E-state index is -0.157. The van der Waals surface area contributed by atoms with Crippen LogP contribution in [0.1, 0.15) is 45.1 Å². The second kappa shape index (κ2) is 7.91. The van der Waals surface area contributed by atoms with Gasteiger partial charge in [-0.2, -0.15) is 0 Å². The molecule has 138 valence electrons. The largest absolute Gasteiger partial charge is 0.319 e. The van der Waals surface area contributed by atoms with Crippen LogP contribution in [-0.4, -0.2) is 23.1 Å². The summed E-state index contributed by atoms with van der Waals surface area (Å²) in [5.74, 6) is 0.440. The summed E-state index contributed by atoms with van der Waals surface area (Å²) in [7, 11) is 0. The number of carbonyl (C=O) groups excluding carboxylic acids is 2. The molecule has 0 saturated heterocycles. The molecule has 0 aliphatic heterocycles. The Kier molecular flexibility index (Phi) is 5.81. The first-order valence-corrected chi connectivity index (χ1v) is 10.2. The van der Waals surface area contributed by atoms with E-state index in [1.165, 1.54) is 11.1 Å². The van der Waals surface area contributed by atoms with Crippen LogP contribution in [0.5, 0.6) is 0 Å². The fourth-order valence-electron chi connectivity index (χ4n) is 4.42. The lowest BCUT2D eigenvalue weighted by molar-refractivity contribution is -0.126. The highest BCUT2D eigenvalue weighted by Crippen LogP contribution is 2.55. The van der Waals surface area contributed by atoms with Crippen molar-refractivity contribution in [3.63, 3.8) is 0 Å². The third-order valence-electron chi connectivity index (χ3n) is 6.00. The molecule has 1 aromatic carbocycles. The number of rotatable bonds is 4. The minimum absolute atomic E-state index is 0.0136. The number of allylic oxidation sites excluding steroid dienone is 2. The second-order valence-corrected chi connectivity index (χ2v) is 8.08. The number of nitrogens with zero attached hydrogens (tertiary/aromatic N) is 1. The average molecular weight is 416 g/mol. The van der Waals surface area contributed by atoms with E-state index in [1.807, 2.05) is 29.4 Å². The summed E-state index contributed by atoms with van der Waals surface area (Å²) in [5.41, 5.74) is 3.20. The van der Waals surface area contributed by atoms with Crippen LogP contribution in [0.25, 0.3) is 0 Å². The summed E-state index contributed by atoms with van der Waals surface area (Å²) < 4.78 is 0. The summed E-state index contributed by atoms with van der Waals surface area (Å²) >= 11 is 3.48. The van der Waals surface area contributed by atoms with E-state index in [0.717, 1.165) is 31.3 Å². The molecule has 4 heteroatoms. The molecule has 0 unspecified atom stereocenters. The van der Waals surface area contributed by atoms with Crippen LogP contribution in [0.15, 0.2) is 52.7 Å². The Labute approximate surface area is 164 Å². The topological polar surface area (TPSA) is 37.4 Å². The van der Waals surface area contributed by atoms with Gasteiger partial charge in [0.15, 0.2) is 5.78 Å². The van der Waals surface area contributed by atoms with Gasteiger partial charge >= 0.3 is 0 Å². The highest BCUT2D eigenvalue weighted by atomic mass is 79.9. The third kappa shape index (κ3) is 3.71. The molecule has 1 amide bonds. The zero-order valence-electron chi connectivity index (χ0n) is 15.5. The number of Topliss-reactive ketones (excluding diaryl/α,β-unsaturated/α-hetero) is 1. The maximum Gasteiger partial charge on any atom is 0.223 e. The molecule has 2 aliphatic carbocycles. The highest BCUT2D eigenvalue weighted by Gasteiger charge is 2.50. The van der Waals surface area contributed by atoms with Crippen LogP contribution in [0.2, 0.25) is 0 Å². The van der Waals surface area contributed by atoms with E-state index < -0.39 is 0 Å². The zero-order valence-corrected chi connectivity index (χ0v) is 17.1. The molecule has 3 rings (SSSR count). The smallest absolute Gasteiger partial charge is 0.223 e. The molecule has 0 aromatic heterocycles. The van der Waals surface area contributed by atoms with Gasteiger partial charge in [-0.15, -0.1) is 0 Å². The van der Waals surface area contributed by atoms with Crippen LogP contribution >= 0.6 is 15.9 Å². The third-order valence-corrected chi connectivity index (χ3v) is 6.59. The monoisotopic (exact) mass is 415 g/mol.